The average molecular weight is 292 g/mol. The fourth-order valence-electron chi connectivity index (χ4n) is 3.23. The van der Waals surface area contributed by atoms with Gasteiger partial charge in [0.1, 0.15) is 0 Å². The first-order valence-corrected chi connectivity index (χ1v) is 8.08. The number of nitrogens with zero attached hydrogens (tertiary/aromatic N) is 2. The van der Waals surface area contributed by atoms with E-state index in [9.17, 15) is 4.79 Å². The summed E-state index contributed by atoms with van der Waals surface area (Å²) in [5.74, 6) is 0.825. The van der Waals surface area contributed by atoms with Gasteiger partial charge < -0.3 is 10.6 Å². The van der Waals surface area contributed by atoms with Crippen LogP contribution < -0.4 is 10.6 Å². The molecule has 1 aliphatic rings. The first kappa shape index (κ1) is 15.9. The van der Waals surface area contributed by atoms with Gasteiger partial charge in [-0.25, -0.2) is 4.79 Å². The van der Waals surface area contributed by atoms with Crippen molar-refractivity contribution in [2.75, 3.05) is 13.1 Å². The van der Waals surface area contributed by atoms with E-state index >= 15 is 0 Å². The van der Waals surface area contributed by atoms with Crippen LogP contribution in [0, 0.1) is 19.8 Å². The Morgan fingerprint density at radius 3 is 2.52 bits per heavy atom. The van der Waals surface area contributed by atoms with Gasteiger partial charge in [-0.2, -0.15) is 5.10 Å². The number of hydrogen-bond acceptors (Lipinski definition) is 2. The van der Waals surface area contributed by atoms with Crippen molar-refractivity contribution in [1.82, 2.24) is 20.4 Å². The van der Waals surface area contributed by atoms with Crippen LogP contribution in [0.1, 0.15) is 49.1 Å². The van der Waals surface area contributed by atoms with E-state index in [1.54, 1.807) is 0 Å². The number of carbonyl (C=O) groups excluding carboxylic acids is 1. The quantitative estimate of drug-likeness (QED) is 0.846. The number of rotatable bonds is 6. The van der Waals surface area contributed by atoms with Gasteiger partial charge in [-0.1, -0.05) is 25.7 Å². The maximum Gasteiger partial charge on any atom is 0.314 e. The number of aryl methyl sites for hydroxylation is 2. The minimum absolute atomic E-state index is 0.0489. The monoisotopic (exact) mass is 292 g/mol. The van der Waals surface area contributed by atoms with Crippen LogP contribution in [0.5, 0.6) is 0 Å². The molecule has 0 aliphatic heterocycles. The molecule has 118 valence electrons. The Morgan fingerprint density at radius 1 is 1.24 bits per heavy atom. The average Bonchev–Trinajstić information content (AvgIpc) is 3.03. The zero-order chi connectivity index (χ0) is 15.2. The Labute approximate surface area is 127 Å². The molecule has 0 unspecified atom stereocenters. The molecule has 0 bridgehead atoms. The summed E-state index contributed by atoms with van der Waals surface area (Å²) in [6.45, 7) is 5.53. The Bertz CT molecular complexity index is 475. The van der Waals surface area contributed by atoms with Gasteiger partial charge in [0.15, 0.2) is 0 Å². The lowest BCUT2D eigenvalue weighted by molar-refractivity contribution is 0.240. The van der Waals surface area contributed by atoms with E-state index in [1.165, 1.54) is 36.9 Å². The molecule has 0 spiro atoms. The molecule has 1 heterocycles. The first-order chi connectivity index (χ1) is 10.1. The molecular weight excluding hydrogens is 264 g/mol. The largest absolute Gasteiger partial charge is 0.338 e. The third-order valence-electron chi connectivity index (χ3n) is 4.63. The summed E-state index contributed by atoms with van der Waals surface area (Å²) >= 11 is 0. The Kier molecular flexibility index (Phi) is 5.65. The van der Waals surface area contributed by atoms with Gasteiger partial charge in [0, 0.05) is 25.8 Å². The summed E-state index contributed by atoms with van der Waals surface area (Å²) in [4.78, 5) is 11.7. The third kappa shape index (κ3) is 4.48. The molecule has 2 amide bonds. The van der Waals surface area contributed by atoms with Gasteiger partial charge in [-0.3, -0.25) is 4.68 Å². The summed E-state index contributed by atoms with van der Waals surface area (Å²) in [6.07, 6.45) is 7.35. The molecule has 2 N–H and O–H groups in total. The molecule has 0 saturated heterocycles. The lowest BCUT2D eigenvalue weighted by Gasteiger charge is -2.11. The Morgan fingerprint density at radius 2 is 1.90 bits per heavy atom. The molecule has 2 rings (SSSR count). The molecule has 21 heavy (non-hydrogen) atoms. The van der Waals surface area contributed by atoms with Crippen molar-refractivity contribution in [3.63, 3.8) is 0 Å². The van der Waals surface area contributed by atoms with Crippen molar-refractivity contribution in [2.45, 2.75) is 52.4 Å². The second kappa shape index (κ2) is 7.48. The minimum atomic E-state index is -0.0489. The SMILES string of the molecule is Cc1nn(C)c(C)c1CCNC(=O)NCCC1CCCC1. The van der Waals surface area contributed by atoms with Gasteiger partial charge in [-0.05, 0) is 38.2 Å². The number of carbonyl (C=O) groups is 1. The minimum Gasteiger partial charge on any atom is -0.338 e. The van der Waals surface area contributed by atoms with E-state index in [2.05, 4.69) is 22.7 Å². The van der Waals surface area contributed by atoms with E-state index in [4.69, 9.17) is 0 Å². The van der Waals surface area contributed by atoms with Crippen molar-refractivity contribution in [2.24, 2.45) is 13.0 Å². The topological polar surface area (TPSA) is 59.0 Å². The van der Waals surface area contributed by atoms with Crippen LogP contribution in [0.3, 0.4) is 0 Å². The van der Waals surface area contributed by atoms with E-state index in [0.29, 0.717) is 6.54 Å². The number of urea groups is 1. The summed E-state index contributed by atoms with van der Waals surface area (Å²) < 4.78 is 1.90. The number of nitrogens with one attached hydrogen (secondary N) is 2. The van der Waals surface area contributed by atoms with Gasteiger partial charge >= 0.3 is 6.03 Å². The fraction of sp³-hybridized carbons (Fsp3) is 0.750. The highest BCUT2D eigenvalue weighted by atomic mass is 16.2. The highest BCUT2D eigenvalue weighted by Crippen LogP contribution is 2.26. The lowest BCUT2D eigenvalue weighted by Crippen LogP contribution is -2.37. The van der Waals surface area contributed by atoms with Gasteiger partial charge in [0.2, 0.25) is 0 Å². The second-order valence-electron chi connectivity index (χ2n) is 6.14. The molecule has 1 aliphatic carbocycles. The maximum atomic E-state index is 11.7. The number of aromatic nitrogens is 2. The van der Waals surface area contributed by atoms with Crippen LogP contribution in [0.4, 0.5) is 4.79 Å². The van der Waals surface area contributed by atoms with E-state index in [1.807, 2.05) is 18.7 Å². The summed E-state index contributed by atoms with van der Waals surface area (Å²) in [5, 5.41) is 10.3. The van der Waals surface area contributed by atoms with Crippen molar-refractivity contribution in [3.8, 4) is 0 Å². The molecule has 5 heteroatoms. The normalized spacial score (nSPS) is 15.4. The predicted molar refractivity (Wildman–Crippen MR) is 84.4 cm³/mol. The highest BCUT2D eigenvalue weighted by molar-refractivity contribution is 5.73. The van der Waals surface area contributed by atoms with E-state index < -0.39 is 0 Å². The Balaban J connectivity index is 1.62. The molecule has 1 fully saturated rings. The Hall–Kier alpha value is -1.52. The zero-order valence-electron chi connectivity index (χ0n) is 13.5. The molecule has 0 radical (unpaired) electrons. The first-order valence-electron chi connectivity index (χ1n) is 8.08. The second-order valence-corrected chi connectivity index (χ2v) is 6.14. The number of amides is 2. The van der Waals surface area contributed by atoms with Gasteiger partial charge in [0.05, 0.1) is 5.69 Å². The summed E-state index contributed by atoms with van der Waals surface area (Å²) in [5.41, 5.74) is 3.47. The molecular formula is C16H28N4O. The lowest BCUT2D eigenvalue weighted by atomic mass is 10.0. The van der Waals surface area contributed by atoms with Crippen molar-refractivity contribution in [1.29, 1.82) is 0 Å². The molecule has 0 atom stereocenters. The van der Waals surface area contributed by atoms with Crippen LogP contribution in [0.15, 0.2) is 0 Å². The standard InChI is InChI=1S/C16H28N4O/c1-12-15(13(2)20(3)19-12)9-11-18-16(21)17-10-8-14-6-4-5-7-14/h14H,4-11H2,1-3H3,(H2,17,18,21). The van der Waals surface area contributed by atoms with E-state index in [-0.39, 0.29) is 6.03 Å². The van der Waals surface area contributed by atoms with Crippen LogP contribution in [0.25, 0.3) is 0 Å². The van der Waals surface area contributed by atoms with Gasteiger partial charge in [0.25, 0.3) is 0 Å². The highest BCUT2D eigenvalue weighted by Gasteiger charge is 2.14. The van der Waals surface area contributed by atoms with Crippen LogP contribution >= 0.6 is 0 Å². The molecule has 1 aromatic rings. The third-order valence-corrected chi connectivity index (χ3v) is 4.63. The zero-order valence-corrected chi connectivity index (χ0v) is 13.5. The van der Waals surface area contributed by atoms with Crippen LogP contribution in [0.2, 0.25) is 0 Å². The fourth-order valence-corrected chi connectivity index (χ4v) is 3.23. The smallest absolute Gasteiger partial charge is 0.314 e. The van der Waals surface area contributed by atoms with Crippen LogP contribution in [-0.2, 0) is 13.5 Å². The van der Waals surface area contributed by atoms with Crippen LogP contribution in [-0.4, -0.2) is 28.9 Å². The molecule has 0 aromatic carbocycles. The molecule has 1 aromatic heterocycles. The summed E-state index contributed by atoms with van der Waals surface area (Å²) in [7, 11) is 1.95. The molecule has 5 nitrogen and oxygen atoms in total. The number of hydrogen-bond donors (Lipinski definition) is 2. The van der Waals surface area contributed by atoms with Crippen molar-refractivity contribution in [3.05, 3.63) is 17.0 Å². The maximum absolute atomic E-state index is 11.7. The summed E-state index contributed by atoms with van der Waals surface area (Å²) in [6, 6.07) is -0.0489. The van der Waals surface area contributed by atoms with Gasteiger partial charge in [-0.15, -0.1) is 0 Å². The van der Waals surface area contributed by atoms with E-state index in [0.717, 1.165) is 31.0 Å². The van der Waals surface area contributed by atoms with Crippen molar-refractivity contribution < 1.29 is 4.79 Å². The molecule has 1 saturated carbocycles. The van der Waals surface area contributed by atoms with Crippen molar-refractivity contribution >= 4 is 6.03 Å². The predicted octanol–water partition coefficient (Wildman–Crippen LogP) is 2.46.